The third-order valence-corrected chi connectivity index (χ3v) is 0.181. The molecule has 0 saturated carbocycles. The van der Waals surface area contributed by atoms with Gasteiger partial charge in [0.25, 0.3) is 6.08 Å². The van der Waals surface area contributed by atoms with E-state index < -0.39 is 11.8 Å². The van der Waals surface area contributed by atoms with E-state index >= 15 is 0 Å². The average Bonchev–Trinajstić information content (AvgIpc) is 1.36. The molecule has 0 aliphatic carbocycles. The maximum absolute atomic E-state index is 10.7. The molecule has 0 atom stereocenters. The Kier molecular flexibility index (Phi) is 8.50. The van der Waals surface area contributed by atoms with Crippen molar-refractivity contribution in [1.29, 1.82) is 0 Å². The topological polar surface area (TPSA) is 0 Å². The van der Waals surface area contributed by atoms with E-state index in [0.29, 0.717) is 0 Å². The summed E-state index contributed by atoms with van der Waals surface area (Å²) in [6.45, 7) is 0. The van der Waals surface area contributed by atoms with Crippen LogP contribution in [-0.4, -0.2) is 7.85 Å². The molecule has 0 aromatic carbocycles. The molecular weight excluding hydrogens is 131 g/mol. The van der Waals surface area contributed by atoms with E-state index in [1.54, 1.807) is 0 Å². The van der Waals surface area contributed by atoms with Gasteiger partial charge in [-0.15, -0.1) is 5.73 Å². The standard InChI is InChI=1S/C2BF3.K/c3-1(4)2(5)6;/q-1;+1. The third kappa shape index (κ3) is 7.23. The van der Waals surface area contributed by atoms with Gasteiger partial charge in [0.2, 0.25) is 0 Å². The van der Waals surface area contributed by atoms with Gasteiger partial charge in [-0.1, -0.05) is 0 Å². The zero-order valence-electron chi connectivity index (χ0n) is 3.71. The molecule has 0 bridgehead atoms. The van der Waals surface area contributed by atoms with E-state index in [1.165, 1.54) is 0 Å². The first-order valence-electron chi connectivity index (χ1n) is 1.11. The summed E-state index contributed by atoms with van der Waals surface area (Å²) in [5, 5.41) is 0. The van der Waals surface area contributed by atoms with Crippen LogP contribution >= 0.6 is 0 Å². The molecule has 0 aromatic heterocycles. The van der Waals surface area contributed by atoms with Crippen LogP contribution in [0.25, 0.3) is 0 Å². The second-order valence-electron chi connectivity index (χ2n) is 0.608. The first-order valence-corrected chi connectivity index (χ1v) is 1.11. The van der Waals surface area contributed by atoms with Gasteiger partial charge in [-0.05, 0) is 0 Å². The van der Waals surface area contributed by atoms with Crippen molar-refractivity contribution in [3.05, 3.63) is 11.8 Å². The molecule has 0 fully saturated rings. The smallest absolute Gasteiger partial charge is 0.531 e. The van der Waals surface area contributed by atoms with Crippen molar-refractivity contribution in [2.75, 3.05) is 0 Å². The molecule has 0 saturated heterocycles. The Hall–Kier alpha value is 1.23. The van der Waals surface area contributed by atoms with Crippen molar-refractivity contribution in [3.8, 4) is 0 Å². The first-order chi connectivity index (χ1) is 2.64. The van der Waals surface area contributed by atoms with Crippen LogP contribution in [0.3, 0.4) is 0 Å². The molecule has 0 amide bonds. The Labute approximate surface area is 83.0 Å². The molecule has 0 spiro atoms. The SMILES string of the molecule is [B-]C(F)=C(F)F.[K+]. The number of rotatable bonds is 0. The van der Waals surface area contributed by atoms with Gasteiger partial charge in [0.15, 0.2) is 0 Å². The molecule has 0 aliphatic heterocycles. The monoisotopic (exact) mass is 131 g/mol. The van der Waals surface area contributed by atoms with E-state index in [4.69, 9.17) is 0 Å². The van der Waals surface area contributed by atoms with E-state index in [2.05, 4.69) is 7.85 Å². The molecule has 0 unspecified atom stereocenters. The quantitative estimate of drug-likeness (QED) is 0.340. The predicted octanol–water partition coefficient (Wildman–Crippen LogP) is -1.81. The summed E-state index contributed by atoms with van der Waals surface area (Å²) in [7, 11) is 3.90. The van der Waals surface area contributed by atoms with Gasteiger partial charge in [-0.3, -0.25) is 4.39 Å². The Morgan fingerprint density at radius 2 is 1.29 bits per heavy atom. The molecule has 5 heteroatoms. The zero-order chi connectivity index (χ0) is 5.15. The summed E-state index contributed by atoms with van der Waals surface area (Å²) in [5.41, 5.74) is -1.91. The van der Waals surface area contributed by atoms with Crippen molar-refractivity contribution in [2.24, 2.45) is 0 Å². The van der Waals surface area contributed by atoms with Crippen LogP contribution in [0.4, 0.5) is 13.2 Å². The molecule has 0 N–H and O–H groups in total. The van der Waals surface area contributed by atoms with Gasteiger partial charge in [0.1, 0.15) is 0 Å². The number of halogens is 3. The normalized spacial score (nSPS) is 6.86. The second kappa shape index (κ2) is 5.37. The third-order valence-electron chi connectivity index (χ3n) is 0.181. The number of hydrogen-bond donors (Lipinski definition) is 0. The summed E-state index contributed by atoms with van der Waals surface area (Å²) in [4.78, 5) is 0. The Morgan fingerprint density at radius 1 is 1.14 bits per heavy atom. The van der Waals surface area contributed by atoms with Gasteiger partial charge >= 0.3 is 51.4 Å². The number of hydrogen-bond acceptors (Lipinski definition) is 0. The molecule has 3 radical (unpaired) electrons. The summed E-state index contributed by atoms with van der Waals surface area (Å²) < 4.78 is 31.8. The van der Waals surface area contributed by atoms with Crippen LogP contribution in [0.15, 0.2) is 11.8 Å². The van der Waals surface area contributed by atoms with E-state index in [9.17, 15) is 13.2 Å². The molecule has 0 aromatic rings. The molecule has 33 valence electrons. The molecule has 0 aliphatic rings. The average molecular weight is 131 g/mol. The second-order valence-corrected chi connectivity index (χ2v) is 0.608. The summed E-state index contributed by atoms with van der Waals surface area (Å²) in [6.07, 6.45) is -2.46. The Balaban J connectivity index is 0. The Bertz CT molecular complexity index is 63.0. The molecule has 0 heterocycles. The van der Waals surface area contributed by atoms with Crippen LogP contribution in [0.5, 0.6) is 0 Å². The Morgan fingerprint density at radius 3 is 1.29 bits per heavy atom. The first kappa shape index (κ1) is 11.1. The maximum atomic E-state index is 10.7. The van der Waals surface area contributed by atoms with E-state index in [-0.39, 0.29) is 51.4 Å². The molecule has 7 heavy (non-hydrogen) atoms. The fraction of sp³-hybridized carbons (Fsp3) is 0. The minimum Gasteiger partial charge on any atom is -0.531 e. The van der Waals surface area contributed by atoms with Crippen LogP contribution in [-0.2, 0) is 0 Å². The van der Waals surface area contributed by atoms with E-state index in [1.807, 2.05) is 0 Å². The summed E-state index contributed by atoms with van der Waals surface area (Å²) in [5.74, 6) is 0. The van der Waals surface area contributed by atoms with Gasteiger partial charge in [-0.25, -0.2) is 0 Å². The minimum atomic E-state index is -2.46. The fourth-order valence-corrected chi connectivity index (χ4v) is 0. The summed E-state index contributed by atoms with van der Waals surface area (Å²) in [6, 6.07) is 0. The van der Waals surface area contributed by atoms with Crippen LogP contribution in [0.1, 0.15) is 0 Å². The predicted molar refractivity (Wildman–Crippen MR) is 16.1 cm³/mol. The van der Waals surface area contributed by atoms with Crippen molar-refractivity contribution >= 4 is 7.85 Å². The van der Waals surface area contributed by atoms with Crippen LogP contribution < -0.4 is 51.4 Å². The van der Waals surface area contributed by atoms with Crippen molar-refractivity contribution < 1.29 is 64.6 Å². The van der Waals surface area contributed by atoms with Crippen LogP contribution in [0.2, 0.25) is 0 Å². The summed E-state index contributed by atoms with van der Waals surface area (Å²) >= 11 is 0. The molecule has 0 rings (SSSR count). The van der Waals surface area contributed by atoms with Gasteiger partial charge in [0, 0.05) is 0 Å². The van der Waals surface area contributed by atoms with Crippen molar-refractivity contribution in [2.45, 2.75) is 0 Å². The van der Waals surface area contributed by atoms with Crippen molar-refractivity contribution in [3.63, 3.8) is 0 Å². The van der Waals surface area contributed by atoms with Crippen LogP contribution in [0, 0.1) is 0 Å². The van der Waals surface area contributed by atoms with E-state index in [0.717, 1.165) is 0 Å². The fourth-order valence-electron chi connectivity index (χ4n) is 0. The largest absolute Gasteiger partial charge is 1.00 e. The zero-order valence-corrected chi connectivity index (χ0v) is 6.83. The van der Waals surface area contributed by atoms with Gasteiger partial charge in [0.05, 0.1) is 0 Å². The molecular formula is C2BF3K. The minimum absolute atomic E-state index is 0. The van der Waals surface area contributed by atoms with Gasteiger partial charge in [-0.2, -0.15) is 8.78 Å². The maximum Gasteiger partial charge on any atom is 1.00 e. The molecule has 0 nitrogen and oxygen atoms in total. The van der Waals surface area contributed by atoms with Gasteiger partial charge < -0.3 is 7.85 Å². The van der Waals surface area contributed by atoms with Crippen molar-refractivity contribution in [1.82, 2.24) is 0 Å².